The highest BCUT2D eigenvalue weighted by molar-refractivity contribution is 6.30. The number of halogens is 2. The van der Waals surface area contributed by atoms with Crippen LogP contribution >= 0.6 is 11.6 Å². The molecule has 9 nitrogen and oxygen atoms in total. The van der Waals surface area contributed by atoms with Crippen LogP contribution < -0.4 is 10.1 Å². The average Bonchev–Trinajstić information content (AvgIpc) is 3.84. The topological polar surface area (TPSA) is 118 Å². The Morgan fingerprint density at radius 1 is 1.08 bits per heavy atom. The maximum atomic E-state index is 16.6. The number of carbonyl (C=O) groups is 3. The van der Waals surface area contributed by atoms with Crippen LogP contribution in [0.25, 0.3) is 0 Å². The zero-order valence-electron chi connectivity index (χ0n) is 31.0. The largest absolute Gasteiger partial charge is 0.495 e. The molecule has 1 saturated heterocycles. The molecule has 2 fully saturated rings. The van der Waals surface area contributed by atoms with E-state index >= 15 is 9.18 Å². The number of likely N-dealkylation sites (tertiary alicyclic amines) is 1. The van der Waals surface area contributed by atoms with Crippen molar-refractivity contribution in [2.45, 2.75) is 77.3 Å². The van der Waals surface area contributed by atoms with Crippen LogP contribution in [-0.4, -0.2) is 62.7 Å². The second-order valence-corrected chi connectivity index (χ2v) is 15.5. The Morgan fingerprint density at radius 3 is 2.42 bits per heavy atom. The minimum absolute atomic E-state index is 0.123. The fourth-order valence-electron chi connectivity index (χ4n) is 8.06. The van der Waals surface area contributed by atoms with E-state index in [0.717, 1.165) is 16.7 Å². The number of aryl methyl sites for hydroxylation is 2. The summed E-state index contributed by atoms with van der Waals surface area (Å²) < 4.78 is 32.1. The predicted molar refractivity (Wildman–Crippen MR) is 197 cm³/mol. The quantitative estimate of drug-likeness (QED) is 0.200. The number of carbonyl (C=O) groups excluding carboxylic acids is 3. The molecule has 6 atom stereocenters. The first-order chi connectivity index (χ1) is 24.6. The number of nitrogens with zero attached hydrogens (tertiary/aromatic N) is 2. The Bertz CT molecular complexity index is 1900. The van der Waals surface area contributed by atoms with Gasteiger partial charge in [-0.15, -0.1) is 0 Å². The zero-order valence-corrected chi connectivity index (χ0v) is 31.8. The second-order valence-electron chi connectivity index (χ2n) is 15.1. The van der Waals surface area contributed by atoms with Crippen LogP contribution in [0.3, 0.4) is 0 Å². The molecule has 2 aliphatic rings. The standard InChI is InChI=1S/C41H47ClFN3O6/c1-9-24-17-23(2)13-15-29(24)41(22-44)33(20-40(3,4)5)46(21-26-18-28(26)39(49)52-8)36(34(41)27-11-10-12-30(42)35(27)43)37(47)45-31-16-14-25(38(48)51-7)19-32(31)50-6/h10-17,19,26,28,33-34,36H,9,18,20-21H2,1-8H3,(H,45,47). The number of esters is 2. The molecule has 1 aliphatic carbocycles. The summed E-state index contributed by atoms with van der Waals surface area (Å²) in [4.78, 5) is 42.2. The highest BCUT2D eigenvalue weighted by Crippen LogP contribution is 2.58. The minimum atomic E-state index is -1.45. The normalized spacial score (nSPS) is 24.1. The van der Waals surface area contributed by atoms with E-state index in [1.807, 2.05) is 36.9 Å². The molecule has 5 rings (SSSR count). The van der Waals surface area contributed by atoms with Crippen molar-refractivity contribution in [2.75, 3.05) is 33.2 Å². The van der Waals surface area contributed by atoms with Gasteiger partial charge in [-0.2, -0.15) is 5.26 Å². The molecule has 1 heterocycles. The maximum absolute atomic E-state index is 16.6. The molecule has 0 spiro atoms. The minimum Gasteiger partial charge on any atom is -0.495 e. The molecular weight excluding hydrogens is 685 g/mol. The van der Waals surface area contributed by atoms with Crippen LogP contribution in [0, 0.1) is 41.3 Å². The van der Waals surface area contributed by atoms with E-state index in [0.29, 0.717) is 19.3 Å². The monoisotopic (exact) mass is 731 g/mol. The van der Waals surface area contributed by atoms with Gasteiger partial charge in [-0.25, -0.2) is 9.18 Å². The van der Waals surface area contributed by atoms with Crippen LogP contribution in [0.5, 0.6) is 5.75 Å². The van der Waals surface area contributed by atoms with Crippen molar-refractivity contribution in [3.8, 4) is 11.8 Å². The molecule has 3 aromatic carbocycles. The number of rotatable bonds is 11. The summed E-state index contributed by atoms with van der Waals surface area (Å²) >= 11 is 6.47. The Kier molecular flexibility index (Phi) is 11.4. The van der Waals surface area contributed by atoms with Gasteiger partial charge in [0.1, 0.15) is 17.0 Å². The summed E-state index contributed by atoms with van der Waals surface area (Å²) in [6, 6.07) is 16.2. The van der Waals surface area contributed by atoms with Gasteiger partial charge in [0.25, 0.3) is 0 Å². The molecule has 0 aromatic heterocycles. The number of methoxy groups -OCH3 is 3. The maximum Gasteiger partial charge on any atom is 0.337 e. The molecule has 1 amide bonds. The van der Waals surface area contributed by atoms with Crippen molar-refractivity contribution in [1.29, 1.82) is 5.26 Å². The van der Waals surface area contributed by atoms with E-state index in [1.165, 1.54) is 39.5 Å². The lowest BCUT2D eigenvalue weighted by atomic mass is 9.61. The lowest BCUT2D eigenvalue weighted by Crippen LogP contribution is -2.48. The summed E-state index contributed by atoms with van der Waals surface area (Å²) in [7, 11) is 4.04. The molecule has 52 heavy (non-hydrogen) atoms. The van der Waals surface area contributed by atoms with Crippen molar-refractivity contribution in [3.05, 3.63) is 93.3 Å². The summed E-state index contributed by atoms with van der Waals surface area (Å²) in [5, 5.41) is 14.6. The number of nitriles is 1. The van der Waals surface area contributed by atoms with Gasteiger partial charge in [0.15, 0.2) is 0 Å². The fourth-order valence-corrected chi connectivity index (χ4v) is 8.24. The first-order valence-electron chi connectivity index (χ1n) is 17.5. The lowest BCUT2D eigenvalue weighted by molar-refractivity contribution is -0.142. The number of amides is 1. The summed E-state index contributed by atoms with van der Waals surface area (Å²) in [5.41, 5.74) is 1.51. The first kappa shape index (κ1) is 38.8. The highest BCUT2D eigenvalue weighted by Gasteiger charge is 2.65. The van der Waals surface area contributed by atoms with E-state index in [1.54, 1.807) is 18.2 Å². The van der Waals surface area contributed by atoms with Crippen LogP contribution in [0.1, 0.15) is 79.1 Å². The van der Waals surface area contributed by atoms with Gasteiger partial charge in [0.05, 0.1) is 55.6 Å². The second kappa shape index (κ2) is 15.3. The van der Waals surface area contributed by atoms with Crippen molar-refractivity contribution in [2.24, 2.45) is 17.3 Å². The van der Waals surface area contributed by atoms with E-state index in [2.05, 4.69) is 32.2 Å². The number of hydrogen-bond acceptors (Lipinski definition) is 8. The van der Waals surface area contributed by atoms with Gasteiger partial charge in [-0.05, 0) is 78.5 Å². The first-order valence-corrected chi connectivity index (χ1v) is 17.9. The Labute approximate surface area is 310 Å². The molecule has 1 saturated carbocycles. The number of ether oxygens (including phenoxy) is 3. The summed E-state index contributed by atoms with van der Waals surface area (Å²) in [6.45, 7) is 10.5. The Morgan fingerprint density at radius 2 is 1.81 bits per heavy atom. The van der Waals surface area contributed by atoms with Gasteiger partial charge < -0.3 is 19.5 Å². The third kappa shape index (κ3) is 7.26. The zero-order chi connectivity index (χ0) is 38.1. The number of nitrogens with one attached hydrogen (secondary N) is 1. The Hall–Kier alpha value is -4.46. The number of benzene rings is 3. The molecular formula is C41H47ClFN3O6. The molecule has 276 valence electrons. The molecule has 6 unspecified atom stereocenters. The highest BCUT2D eigenvalue weighted by atomic mass is 35.5. The van der Waals surface area contributed by atoms with E-state index in [-0.39, 0.29) is 57.4 Å². The van der Waals surface area contributed by atoms with E-state index < -0.39 is 41.1 Å². The van der Waals surface area contributed by atoms with E-state index in [9.17, 15) is 14.9 Å². The van der Waals surface area contributed by atoms with Crippen LogP contribution in [0.4, 0.5) is 10.1 Å². The molecule has 0 bridgehead atoms. The van der Waals surface area contributed by atoms with Gasteiger partial charge >= 0.3 is 11.9 Å². The molecule has 1 N–H and O–H groups in total. The third-order valence-corrected chi connectivity index (χ3v) is 10.8. The fraction of sp³-hybridized carbons (Fsp3) is 0.463. The third-order valence-electron chi connectivity index (χ3n) is 10.5. The van der Waals surface area contributed by atoms with Crippen molar-refractivity contribution in [3.63, 3.8) is 0 Å². The lowest BCUT2D eigenvalue weighted by Gasteiger charge is -2.40. The number of anilines is 1. The van der Waals surface area contributed by atoms with Gasteiger partial charge in [-0.3, -0.25) is 14.5 Å². The van der Waals surface area contributed by atoms with Crippen molar-refractivity contribution < 1.29 is 33.0 Å². The summed E-state index contributed by atoms with van der Waals surface area (Å²) in [5.74, 6) is -3.47. The average molecular weight is 732 g/mol. The van der Waals surface area contributed by atoms with Crippen LogP contribution in [0.15, 0.2) is 54.6 Å². The van der Waals surface area contributed by atoms with Crippen molar-refractivity contribution >= 4 is 35.1 Å². The van der Waals surface area contributed by atoms with Gasteiger partial charge in [0, 0.05) is 18.5 Å². The predicted octanol–water partition coefficient (Wildman–Crippen LogP) is 7.63. The molecule has 11 heteroatoms. The van der Waals surface area contributed by atoms with Crippen LogP contribution in [0.2, 0.25) is 5.02 Å². The Balaban J connectivity index is 1.81. The number of hydrogen-bond donors (Lipinski definition) is 1. The van der Waals surface area contributed by atoms with Crippen molar-refractivity contribution in [1.82, 2.24) is 4.90 Å². The summed E-state index contributed by atoms with van der Waals surface area (Å²) in [6.07, 6.45) is 1.62. The molecule has 1 aliphatic heterocycles. The van der Waals surface area contributed by atoms with Crippen LogP contribution in [-0.2, 0) is 30.9 Å². The smallest absolute Gasteiger partial charge is 0.337 e. The van der Waals surface area contributed by atoms with E-state index in [4.69, 9.17) is 25.8 Å². The van der Waals surface area contributed by atoms with Gasteiger partial charge in [-0.1, -0.05) is 75.2 Å². The molecule has 0 radical (unpaired) electrons. The molecule has 3 aromatic rings. The van der Waals surface area contributed by atoms with Gasteiger partial charge in [0.2, 0.25) is 5.91 Å². The SMILES string of the molecule is CCc1cc(C)ccc1C1(C#N)C(c2cccc(Cl)c2F)C(C(=O)Nc2ccc(C(=O)OC)cc2OC)N(CC2CC2C(=O)OC)C1CC(C)(C)C.